The number of esters is 2. The highest BCUT2D eigenvalue weighted by Crippen LogP contribution is 2.41. The summed E-state index contributed by atoms with van der Waals surface area (Å²) in [6.07, 6.45) is 0. The minimum atomic E-state index is -0.806. The van der Waals surface area contributed by atoms with E-state index >= 15 is 0 Å². The number of halogens is 1. The maximum absolute atomic E-state index is 12.9. The van der Waals surface area contributed by atoms with Gasteiger partial charge in [0.1, 0.15) is 0 Å². The maximum Gasteiger partial charge on any atom is 0.336 e. The number of carbonyl (C=O) groups is 2. The summed E-state index contributed by atoms with van der Waals surface area (Å²) in [6, 6.07) is 6.95. The van der Waals surface area contributed by atoms with Crippen molar-refractivity contribution >= 4 is 23.5 Å². The highest BCUT2D eigenvalue weighted by Gasteiger charge is 2.39. The zero-order valence-electron chi connectivity index (χ0n) is 17.0. The zero-order chi connectivity index (χ0) is 22.1. The number of carbonyl (C=O) groups excluding carboxylic acids is 2. The van der Waals surface area contributed by atoms with Crippen LogP contribution in [0.15, 0.2) is 52.1 Å². The number of rotatable bonds is 10. The molecule has 30 heavy (non-hydrogen) atoms. The van der Waals surface area contributed by atoms with Gasteiger partial charge in [0.05, 0.1) is 56.2 Å². The quantitative estimate of drug-likeness (QED) is 0.248. The Kier molecular flexibility index (Phi) is 8.82. The van der Waals surface area contributed by atoms with Crippen LogP contribution in [0.1, 0.15) is 25.3 Å². The zero-order valence-corrected chi connectivity index (χ0v) is 17.7. The van der Waals surface area contributed by atoms with Crippen molar-refractivity contribution in [2.45, 2.75) is 19.8 Å². The minimum Gasteiger partial charge on any atom is -0.466 e. The average molecular weight is 438 g/mol. The Balaban J connectivity index is 2.56. The Morgan fingerprint density at radius 2 is 1.97 bits per heavy atom. The third-order valence-corrected chi connectivity index (χ3v) is 4.78. The fraction of sp³-hybridized carbons (Fsp3) is 0.400. The maximum atomic E-state index is 12.9. The summed E-state index contributed by atoms with van der Waals surface area (Å²) < 4.78 is 15.8. The van der Waals surface area contributed by atoms with Gasteiger partial charge in [0, 0.05) is 16.0 Å². The van der Waals surface area contributed by atoms with E-state index in [-0.39, 0.29) is 37.5 Å². The van der Waals surface area contributed by atoms with Crippen molar-refractivity contribution in [3.63, 3.8) is 0 Å². The van der Waals surface area contributed by atoms with Crippen molar-refractivity contribution in [1.82, 2.24) is 10.7 Å². The molecule has 0 aromatic heterocycles. The predicted molar refractivity (Wildman–Crippen MR) is 110 cm³/mol. The molecular formula is C20H24ClN3O6. The number of dihydropyridines is 1. The summed E-state index contributed by atoms with van der Waals surface area (Å²) in [5.41, 5.74) is 4.21. The van der Waals surface area contributed by atoms with Gasteiger partial charge >= 0.3 is 11.9 Å². The van der Waals surface area contributed by atoms with Crippen molar-refractivity contribution < 1.29 is 23.8 Å². The van der Waals surface area contributed by atoms with Gasteiger partial charge in [-0.15, -0.1) is 4.91 Å². The van der Waals surface area contributed by atoms with Gasteiger partial charge in [-0.1, -0.05) is 29.8 Å². The van der Waals surface area contributed by atoms with Crippen molar-refractivity contribution in [3.05, 3.63) is 62.3 Å². The SMILES string of the molecule is CCOC(=O)C1=C(COCCNN=O)NC(C)=C(C(=O)OC)C1c1ccccc1Cl. The molecule has 0 saturated heterocycles. The smallest absolute Gasteiger partial charge is 0.336 e. The third-order valence-electron chi connectivity index (χ3n) is 4.43. The molecule has 10 heteroatoms. The molecule has 162 valence electrons. The molecule has 0 aliphatic carbocycles. The highest BCUT2D eigenvalue weighted by atomic mass is 35.5. The number of nitroso groups, excluding NO2 is 1. The first-order chi connectivity index (χ1) is 14.5. The van der Waals surface area contributed by atoms with Crippen LogP contribution in [0, 0.1) is 4.91 Å². The predicted octanol–water partition coefficient (Wildman–Crippen LogP) is 2.58. The van der Waals surface area contributed by atoms with Gasteiger partial charge in [-0.25, -0.2) is 9.59 Å². The molecule has 0 saturated carbocycles. The van der Waals surface area contributed by atoms with Gasteiger partial charge in [-0.2, -0.15) is 0 Å². The topological polar surface area (TPSA) is 115 Å². The van der Waals surface area contributed by atoms with Crippen LogP contribution < -0.4 is 10.7 Å². The lowest BCUT2D eigenvalue weighted by Crippen LogP contribution is -2.35. The summed E-state index contributed by atoms with van der Waals surface area (Å²) >= 11 is 6.43. The number of allylic oxidation sites excluding steroid dienone is 1. The lowest BCUT2D eigenvalue weighted by Gasteiger charge is -2.31. The molecule has 9 nitrogen and oxygen atoms in total. The number of nitrogens with zero attached hydrogens (tertiary/aromatic N) is 1. The summed E-state index contributed by atoms with van der Waals surface area (Å²) in [7, 11) is 1.27. The van der Waals surface area contributed by atoms with E-state index in [0.717, 1.165) is 0 Å². The molecule has 1 heterocycles. The monoisotopic (exact) mass is 437 g/mol. The summed E-state index contributed by atoms with van der Waals surface area (Å²) in [6.45, 7) is 3.95. The van der Waals surface area contributed by atoms with Gasteiger partial charge in [0.2, 0.25) is 0 Å². The van der Waals surface area contributed by atoms with Gasteiger partial charge < -0.3 is 19.5 Å². The van der Waals surface area contributed by atoms with E-state index < -0.39 is 17.9 Å². The molecule has 0 spiro atoms. The van der Waals surface area contributed by atoms with Crippen LogP contribution in [0.4, 0.5) is 0 Å². The van der Waals surface area contributed by atoms with Crippen LogP contribution in [0.25, 0.3) is 0 Å². The molecule has 0 amide bonds. The third kappa shape index (κ3) is 5.37. The van der Waals surface area contributed by atoms with E-state index in [9.17, 15) is 14.5 Å². The molecule has 1 unspecified atom stereocenters. The van der Waals surface area contributed by atoms with Crippen LogP contribution >= 0.6 is 11.6 Å². The number of hydrogen-bond acceptors (Lipinski definition) is 8. The largest absolute Gasteiger partial charge is 0.466 e. The number of methoxy groups -OCH3 is 1. The summed E-state index contributed by atoms with van der Waals surface area (Å²) in [5.74, 6) is -2.00. The van der Waals surface area contributed by atoms with Gasteiger partial charge in [-0.05, 0) is 25.5 Å². The van der Waals surface area contributed by atoms with Crippen molar-refractivity contribution in [2.75, 3.05) is 33.5 Å². The second kappa shape index (κ2) is 11.3. The van der Waals surface area contributed by atoms with Gasteiger partial charge in [-0.3, -0.25) is 5.43 Å². The van der Waals surface area contributed by atoms with E-state index in [2.05, 4.69) is 16.0 Å². The summed E-state index contributed by atoms with van der Waals surface area (Å²) in [4.78, 5) is 35.7. The second-order valence-electron chi connectivity index (χ2n) is 6.27. The Bertz CT molecular complexity index is 868. The Hall–Kier alpha value is -2.91. The van der Waals surface area contributed by atoms with E-state index in [4.69, 9.17) is 25.8 Å². The normalized spacial score (nSPS) is 16.1. The van der Waals surface area contributed by atoms with E-state index in [1.807, 2.05) is 0 Å². The Morgan fingerprint density at radius 3 is 2.60 bits per heavy atom. The first-order valence-corrected chi connectivity index (χ1v) is 9.67. The Labute approximate surface area is 179 Å². The van der Waals surface area contributed by atoms with Crippen molar-refractivity contribution in [1.29, 1.82) is 0 Å². The lowest BCUT2D eigenvalue weighted by atomic mass is 9.80. The van der Waals surface area contributed by atoms with E-state index in [0.29, 0.717) is 22.0 Å². The molecule has 1 aliphatic rings. The van der Waals surface area contributed by atoms with Crippen LogP contribution in [-0.4, -0.2) is 45.4 Å². The molecule has 1 aliphatic heterocycles. The van der Waals surface area contributed by atoms with Gasteiger partial charge in [0.25, 0.3) is 0 Å². The average Bonchev–Trinajstić information content (AvgIpc) is 2.73. The molecule has 2 N–H and O–H groups in total. The Morgan fingerprint density at radius 1 is 1.23 bits per heavy atom. The molecule has 1 aromatic rings. The molecule has 1 atom stereocenters. The van der Waals surface area contributed by atoms with Crippen LogP contribution in [0.2, 0.25) is 5.02 Å². The van der Waals surface area contributed by atoms with Crippen LogP contribution in [0.3, 0.4) is 0 Å². The van der Waals surface area contributed by atoms with Crippen LogP contribution in [-0.2, 0) is 23.8 Å². The summed E-state index contributed by atoms with van der Waals surface area (Å²) in [5, 5.41) is 6.00. The molecule has 0 fully saturated rings. The van der Waals surface area contributed by atoms with Crippen molar-refractivity contribution in [2.24, 2.45) is 5.29 Å². The molecule has 0 bridgehead atoms. The first-order valence-electron chi connectivity index (χ1n) is 9.29. The number of hydrogen-bond donors (Lipinski definition) is 2. The fourth-order valence-corrected chi connectivity index (χ4v) is 3.44. The minimum absolute atomic E-state index is 0.0153. The molecular weight excluding hydrogens is 414 g/mol. The number of nitrogens with one attached hydrogen (secondary N) is 2. The standard InChI is InChI=1S/C20H24ClN3O6/c1-4-30-20(26)18-15(11-29-10-9-22-24-27)23-12(2)16(19(25)28-3)17(18)13-7-5-6-8-14(13)21/h5-8,17,23H,4,9-11H2,1-3H3,(H,22,27). The first kappa shape index (κ1) is 23.4. The van der Waals surface area contributed by atoms with Gasteiger partial charge in [0.15, 0.2) is 0 Å². The fourth-order valence-electron chi connectivity index (χ4n) is 3.20. The highest BCUT2D eigenvalue weighted by molar-refractivity contribution is 6.31. The number of ether oxygens (including phenoxy) is 3. The molecule has 2 rings (SSSR count). The lowest BCUT2D eigenvalue weighted by molar-refractivity contribution is -0.139. The molecule has 0 radical (unpaired) electrons. The molecule has 1 aromatic carbocycles. The number of benzene rings is 1. The van der Waals surface area contributed by atoms with E-state index in [1.165, 1.54) is 7.11 Å². The van der Waals surface area contributed by atoms with E-state index in [1.54, 1.807) is 38.1 Å². The van der Waals surface area contributed by atoms with Crippen molar-refractivity contribution in [3.8, 4) is 0 Å². The van der Waals surface area contributed by atoms with Crippen LogP contribution in [0.5, 0.6) is 0 Å². The second-order valence-corrected chi connectivity index (χ2v) is 6.68.